The fourth-order valence-electron chi connectivity index (χ4n) is 0.694. The second kappa shape index (κ2) is 3.16. The molecule has 1 aromatic carbocycles. The molecule has 0 amide bonds. The molecule has 1 rings (SSSR count). The van der Waals surface area contributed by atoms with Crippen molar-refractivity contribution in [1.29, 1.82) is 0 Å². The molecule has 12 heavy (non-hydrogen) atoms. The van der Waals surface area contributed by atoms with Gasteiger partial charge in [0.1, 0.15) is 10.8 Å². The molecule has 0 bridgehead atoms. The Hall–Kier alpha value is -1.00. The standard InChI is InChI=1S/C6H3Cl2NO3/c7-4-1-3(10)2-5(6(4)8)9(11)12/h1-2,10H. The number of halogens is 2. The molecule has 64 valence electrons. The van der Waals surface area contributed by atoms with Crippen molar-refractivity contribution in [3.63, 3.8) is 0 Å². The van der Waals surface area contributed by atoms with Crippen LogP contribution in [0.15, 0.2) is 12.1 Å². The summed E-state index contributed by atoms with van der Waals surface area (Å²) in [6, 6.07) is 2.07. The Morgan fingerprint density at radius 1 is 1.42 bits per heavy atom. The van der Waals surface area contributed by atoms with Crippen molar-refractivity contribution in [3.05, 3.63) is 32.3 Å². The minimum atomic E-state index is -0.714. The van der Waals surface area contributed by atoms with Crippen LogP contribution in [0.4, 0.5) is 5.69 Å². The quantitative estimate of drug-likeness (QED) is 0.569. The SMILES string of the molecule is O=[N+]([O-])c1cc(O)cc(Cl)c1Cl. The van der Waals surface area contributed by atoms with Gasteiger partial charge in [0.05, 0.1) is 16.0 Å². The highest BCUT2D eigenvalue weighted by molar-refractivity contribution is 6.43. The van der Waals surface area contributed by atoms with Crippen LogP contribution in [0, 0.1) is 10.1 Å². The van der Waals surface area contributed by atoms with Crippen molar-refractivity contribution in [3.8, 4) is 5.75 Å². The van der Waals surface area contributed by atoms with Crippen LogP contribution in [0.3, 0.4) is 0 Å². The van der Waals surface area contributed by atoms with E-state index in [4.69, 9.17) is 28.3 Å². The second-order valence-electron chi connectivity index (χ2n) is 2.02. The Morgan fingerprint density at radius 2 is 2.00 bits per heavy atom. The Kier molecular flexibility index (Phi) is 2.40. The number of nitro benzene ring substituents is 1. The van der Waals surface area contributed by atoms with Crippen LogP contribution in [0.2, 0.25) is 10.0 Å². The normalized spacial score (nSPS) is 9.83. The van der Waals surface area contributed by atoms with Gasteiger partial charge in [-0.2, -0.15) is 0 Å². The third-order valence-electron chi connectivity index (χ3n) is 1.19. The summed E-state index contributed by atoms with van der Waals surface area (Å²) < 4.78 is 0. The predicted octanol–water partition coefficient (Wildman–Crippen LogP) is 2.61. The summed E-state index contributed by atoms with van der Waals surface area (Å²) in [4.78, 5) is 9.56. The van der Waals surface area contributed by atoms with Gasteiger partial charge in [0.25, 0.3) is 5.69 Å². The molecule has 0 heterocycles. The van der Waals surface area contributed by atoms with E-state index >= 15 is 0 Å². The van der Waals surface area contributed by atoms with Crippen LogP contribution in [0.1, 0.15) is 0 Å². The molecule has 4 nitrogen and oxygen atoms in total. The molecule has 0 fully saturated rings. The number of aromatic hydroxyl groups is 1. The van der Waals surface area contributed by atoms with E-state index in [9.17, 15) is 10.1 Å². The highest BCUT2D eigenvalue weighted by atomic mass is 35.5. The molecule has 0 spiro atoms. The van der Waals surface area contributed by atoms with Gasteiger partial charge in [-0.3, -0.25) is 10.1 Å². The maximum Gasteiger partial charge on any atom is 0.293 e. The van der Waals surface area contributed by atoms with Gasteiger partial charge in [-0.05, 0) is 0 Å². The Labute approximate surface area is 77.5 Å². The van der Waals surface area contributed by atoms with Crippen molar-refractivity contribution in [1.82, 2.24) is 0 Å². The molecule has 0 saturated carbocycles. The van der Waals surface area contributed by atoms with Gasteiger partial charge in [-0.15, -0.1) is 0 Å². The topological polar surface area (TPSA) is 63.4 Å². The van der Waals surface area contributed by atoms with Crippen LogP contribution >= 0.6 is 23.2 Å². The Balaban J connectivity index is 3.37. The highest BCUT2D eigenvalue weighted by Crippen LogP contribution is 2.35. The number of hydrogen-bond acceptors (Lipinski definition) is 3. The molecule has 0 saturated heterocycles. The first kappa shape index (κ1) is 9.09. The van der Waals surface area contributed by atoms with Gasteiger partial charge in [-0.1, -0.05) is 23.2 Å². The molecule has 6 heteroatoms. The summed E-state index contributed by atoms with van der Waals surface area (Å²) in [5.41, 5.74) is -0.401. The molecule has 1 aromatic rings. The monoisotopic (exact) mass is 207 g/mol. The number of nitro groups is 1. The smallest absolute Gasteiger partial charge is 0.293 e. The first-order chi connectivity index (χ1) is 5.52. The lowest BCUT2D eigenvalue weighted by Gasteiger charge is -1.98. The van der Waals surface area contributed by atoms with Crippen molar-refractivity contribution in [2.45, 2.75) is 0 Å². The fraction of sp³-hybridized carbons (Fsp3) is 0. The average Bonchev–Trinajstić information content (AvgIpc) is 1.96. The maximum absolute atomic E-state index is 10.3. The molecule has 1 N–H and O–H groups in total. The van der Waals surface area contributed by atoms with Crippen LogP contribution < -0.4 is 0 Å². The van der Waals surface area contributed by atoms with Gasteiger partial charge in [0, 0.05) is 6.07 Å². The number of nitrogens with zero attached hydrogens (tertiary/aromatic N) is 1. The van der Waals surface area contributed by atoms with E-state index in [1.165, 1.54) is 0 Å². The van der Waals surface area contributed by atoms with E-state index in [0.29, 0.717) is 0 Å². The zero-order chi connectivity index (χ0) is 9.30. The number of hydrogen-bond donors (Lipinski definition) is 1. The second-order valence-corrected chi connectivity index (χ2v) is 2.80. The van der Waals surface area contributed by atoms with Crippen molar-refractivity contribution in [2.75, 3.05) is 0 Å². The average molecular weight is 208 g/mol. The maximum atomic E-state index is 10.3. The summed E-state index contributed by atoms with van der Waals surface area (Å²) in [5, 5.41) is 19.0. The molecule has 0 aliphatic heterocycles. The van der Waals surface area contributed by atoms with Crippen LogP contribution in [-0.4, -0.2) is 10.0 Å². The molecular weight excluding hydrogens is 205 g/mol. The minimum absolute atomic E-state index is 0.0385. The van der Waals surface area contributed by atoms with Crippen molar-refractivity contribution in [2.24, 2.45) is 0 Å². The summed E-state index contributed by atoms with van der Waals surface area (Å²) in [5.74, 6) is -0.281. The lowest BCUT2D eigenvalue weighted by atomic mass is 10.3. The lowest BCUT2D eigenvalue weighted by molar-refractivity contribution is -0.384. The van der Waals surface area contributed by atoms with E-state index in [-0.39, 0.29) is 15.8 Å². The summed E-state index contributed by atoms with van der Waals surface area (Å²) in [6.45, 7) is 0. The molecule has 0 aliphatic rings. The minimum Gasteiger partial charge on any atom is -0.508 e. The van der Waals surface area contributed by atoms with E-state index in [0.717, 1.165) is 12.1 Å². The van der Waals surface area contributed by atoms with Gasteiger partial charge < -0.3 is 5.11 Å². The highest BCUT2D eigenvalue weighted by Gasteiger charge is 2.16. The molecule has 0 unspecified atom stereocenters. The van der Waals surface area contributed by atoms with Gasteiger partial charge >= 0.3 is 0 Å². The molecular formula is C6H3Cl2NO3. The molecule has 0 aromatic heterocycles. The van der Waals surface area contributed by atoms with Gasteiger partial charge in [0.2, 0.25) is 0 Å². The summed E-state index contributed by atoms with van der Waals surface area (Å²) in [7, 11) is 0. The third kappa shape index (κ3) is 1.60. The van der Waals surface area contributed by atoms with E-state index < -0.39 is 10.6 Å². The summed E-state index contributed by atoms with van der Waals surface area (Å²) in [6.07, 6.45) is 0. The van der Waals surface area contributed by atoms with Gasteiger partial charge in [-0.25, -0.2) is 0 Å². The molecule has 0 aliphatic carbocycles. The number of phenols is 1. The van der Waals surface area contributed by atoms with Gasteiger partial charge in [0.15, 0.2) is 0 Å². The number of phenolic OH excluding ortho intramolecular Hbond substituents is 1. The van der Waals surface area contributed by atoms with E-state index in [1.54, 1.807) is 0 Å². The van der Waals surface area contributed by atoms with Crippen LogP contribution in [0.25, 0.3) is 0 Å². The zero-order valence-corrected chi connectivity index (χ0v) is 7.13. The Bertz CT molecular complexity index is 340. The van der Waals surface area contributed by atoms with Crippen LogP contribution in [0.5, 0.6) is 5.75 Å². The number of rotatable bonds is 1. The van der Waals surface area contributed by atoms with E-state index in [1.807, 2.05) is 0 Å². The van der Waals surface area contributed by atoms with Crippen molar-refractivity contribution < 1.29 is 10.0 Å². The third-order valence-corrected chi connectivity index (χ3v) is 1.98. The van der Waals surface area contributed by atoms with E-state index in [2.05, 4.69) is 0 Å². The van der Waals surface area contributed by atoms with Crippen molar-refractivity contribution >= 4 is 28.9 Å². The van der Waals surface area contributed by atoms with Crippen LogP contribution in [-0.2, 0) is 0 Å². The number of benzene rings is 1. The largest absolute Gasteiger partial charge is 0.508 e. The molecule has 0 atom stereocenters. The zero-order valence-electron chi connectivity index (χ0n) is 5.62. The molecule has 0 radical (unpaired) electrons. The summed E-state index contributed by atoms with van der Waals surface area (Å²) >= 11 is 10.9. The first-order valence-corrected chi connectivity index (χ1v) is 3.60. The Morgan fingerprint density at radius 3 is 2.50 bits per heavy atom. The predicted molar refractivity (Wildman–Crippen MR) is 44.8 cm³/mol. The fourth-order valence-corrected chi connectivity index (χ4v) is 1.08. The lowest BCUT2D eigenvalue weighted by Crippen LogP contribution is -1.88. The first-order valence-electron chi connectivity index (χ1n) is 2.85.